The molecule has 0 fully saturated rings. The lowest BCUT2D eigenvalue weighted by Gasteiger charge is -2.14. The van der Waals surface area contributed by atoms with Gasteiger partial charge in [-0.1, -0.05) is 19.1 Å². The zero-order valence-corrected chi connectivity index (χ0v) is 15.3. The first kappa shape index (κ1) is 17.6. The number of phenolic OH excluding ortho intramolecular Hbond substituents is 1. The van der Waals surface area contributed by atoms with Gasteiger partial charge in [-0.15, -0.1) is 9.90 Å². The number of allylic oxidation sites excluding steroid dienone is 1. The fourth-order valence-electron chi connectivity index (χ4n) is 2.67. The third-order valence-electron chi connectivity index (χ3n) is 3.69. The van der Waals surface area contributed by atoms with E-state index >= 15 is 0 Å². The number of hydrogen-bond donors (Lipinski definition) is 1. The van der Waals surface area contributed by atoms with Crippen LogP contribution in [-0.4, -0.2) is 32.1 Å². The van der Waals surface area contributed by atoms with Gasteiger partial charge in [0.15, 0.2) is 0 Å². The summed E-state index contributed by atoms with van der Waals surface area (Å²) >= 11 is 1.83. The maximum Gasteiger partial charge on any atom is 0.146 e. The van der Waals surface area contributed by atoms with Gasteiger partial charge in [-0.25, -0.2) is 0 Å². The molecule has 1 aromatic carbocycles. The van der Waals surface area contributed by atoms with E-state index in [0.717, 1.165) is 34.7 Å². The number of aromatic hydroxyl groups is 1. The van der Waals surface area contributed by atoms with E-state index in [1.807, 2.05) is 50.8 Å². The standard InChI is InChI=1S/C18H25N3OS/c1-6-7-16-14(4)19-21(20-16)17-10-12(2)8-15(18(17)22)9-13(3)11-23-5/h6-8,10,13,22H,9,11H2,1-5H3. The van der Waals surface area contributed by atoms with Crippen LogP contribution >= 0.6 is 11.8 Å². The summed E-state index contributed by atoms with van der Waals surface area (Å²) in [5, 5.41) is 19.6. The molecule has 0 aliphatic carbocycles. The van der Waals surface area contributed by atoms with Crippen LogP contribution in [0.3, 0.4) is 0 Å². The normalized spacial score (nSPS) is 12.9. The van der Waals surface area contributed by atoms with Crippen molar-refractivity contribution < 1.29 is 5.11 Å². The van der Waals surface area contributed by atoms with Crippen LogP contribution in [0.1, 0.15) is 36.4 Å². The van der Waals surface area contributed by atoms with Gasteiger partial charge in [0.05, 0.1) is 5.69 Å². The summed E-state index contributed by atoms with van der Waals surface area (Å²) in [5.74, 6) is 1.87. The average Bonchev–Trinajstić information content (AvgIpc) is 2.84. The Morgan fingerprint density at radius 3 is 2.70 bits per heavy atom. The maximum atomic E-state index is 10.7. The fraction of sp³-hybridized carbons (Fsp3) is 0.444. The van der Waals surface area contributed by atoms with Gasteiger partial charge in [-0.2, -0.15) is 16.9 Å². The SMILES string of the molecule is CC=Cc1nn(-c2cc(C)cc(CC(C)CSC)c2O)nc1C. The third kappa shape index (κ3) is 4.16. The third-order valence-corrected chi connectivity index (χ3v) is 4.59. The zero-order valence-electron chi connectivity index (χ0n) is 14.5. The summed E-state index contributed by atoms with van der Waals surface area (Å²) in [4.78, 5) is 1.54. The minimum absolute atomic E-state index is 0.283. The molecule has 4 nitrogen and oxygen atoms in total. The number of aryl methyl sites for hydroxylation is 2. The first-order chi connectivity index (χ1) is 11.0. The van der Waals surface area contributed by atoms with Crippen LogP contribution < -0.4 is 0 Å². The minimum atomic E-state index is 0.283. The molecule has 23 heavy (non-hydrogen) atoms. The smallest absolute Gasteiger partial charge is 0.146 e. The molecule has 0 aliphatic rings. The highest BCUT2D eigenvalue weighted by Gasteiger charge is 2.16. The van der Waals surface area contributed by atoms with Gasteiger partial charge in [0.2, 0.25) is 0 Å². The van der Waals surface area contributed by atoms with Crippen LogP contribution in [0.25, 0.3) is 11.8 Å². The van der Waals surface area contributed by atoms with E-state index in [1.54, 1.807) is 0 Å². The van der Waals surface area contributed by atoms with E-state index in [9.17, 15) is 5.11 Å². The van der Waals surface area contributed by atoms with E-state index in [1.165, 1.54) is 4.80 Å². The van der Waals surface area contributed by atoms with Gasteiger partial charge in [0.25, 0.3) is 0 Å². The molecule has 5 heteroatoms. The molecule has 1 unspecified atom stereocenters. The van der Waals surface area contributed by atoms with Gasteiger partial charge in [0.1, 0.15) is 17.1 Å². The Morgan fingerprint density at radius 1 is 1.30 bits per heavy atom. The van der Waals surface area contributed by atoms with E-state index in [2.05, 4.69) is 29.4 Å². The molecule has 2 aromatic rings. The summed E-state index contributed by atoms with van der Waals surface area (Å²) < 4.78 is 0. The van der Waals surface area contributed by atoms with Crippen LogP contribution in [0.2, 0.25) is 0 Å². The van der Waals surface area contributed by atoms with Crippen molar-refractivity contribution in [3.63, 3.8) is 0 Å². The Morgan fingerprint density at radius 2 is 2.04 bits per heavy atom. The zero-order chi connectivity index (χ0) is 17.0. The number of phenols is 1. The lowest BCUT2D eigenvalue weighted by molar-refractivity contribution is 0.455. The predicted octanol–water partition coefficient (Wildman–Crippen LogP) is 4.16. The topological polar surface area (TPSA) is 50.9 Å². The van der Waals surface area contributed by atoms with E-state index in [4.69, 9.17) is 0 Å². The second kappa shape index (κ2) is 7.68. The highest BCUT2D eigenvalue weighted by Crippen LogP contribution is 2.30. The monoisotopic (exact) mass is 331 g/mol. The van der Waals surface area contributed by atoms with Crippen molar-refractivity contribution in [3.8, 4) is 11.4 Å². The molecule has 0 saturated carbocycles. The van der Waals surface area contributed by atoms with Gasteiger partial charge in [0, 0.05) is 0 Å². The maximum absolute atomic E-state index is 10.7. The highest BCUT2D eigenvalue weighted by atomic mass is 32.2. The molecule has 1 heterocycles. The number of rotatable bonds is 6. The van der Waals surface area contributed by atoms with Crippen molar-refractivity contribution in [2.24, 2.45) is 5.92 Å². The van der Waals surface area contributed by atoms with Crippen LogP contribution in [0.4, 0.5) is 0 Å². The number of aromatic nitrogens is 3. The molecule has 0 spiro atoms. The van der Waals surface area contributed by atoms with Crippen LogP contribution in [-0.2, 0) is 6.42 Å². The molecular formula is C18H25N3OS. The summed E-state index contributed by atoms with van der Waals surface area (Å²) in [5.41, 5.74) is 4.39. The van der Waals surface area contributed by atoms with E-state index in [-0.39, 0.29) is 5.75 Å². The Hall–Kier alpha value is -1.75. The lowest BCUT2D eigenvalue weighted by Crippen LogP contribution is -2.06. The number of thioether (sulfide) groups is 1. The molecule has 0 saturated heterocycles. The summed E-state index contributed by atoms with van der Waals surface area (Å²) in [7, 11) is 0. The van der Waals surface area contributed by atoms with Gasteiger partial charge >= 0.3 is 0 Å². The quantitative estimate of drug-likeness (QED) is 0.863. The van der Waals surface area contributed by atoms with Crippen molar-refractivity contribution >= 4 is 17.8 Å². The Balaban J connectivity index is 2.43. The second-order valence-corrected chi connectivity index (χ2v) is 6.93. The molecule has 0 radical (unpaired) electrons. The van der Waals surface area contributed by atoms with Crippen LogP contribution in [0.5, 0.6) is 5.75 Å². The largest absolute Gasteiger partial charge is 0.505 e. The Bertz CT molecular complexity index is 707. The van der Waals surface area contributed by atoms with Crippen molar-refractivity contribution in [1.82, 2.24) is 15.0 Å². The molecule has 0 bridgehead atoms. The predicted molar refractivity (Wildman–Crippen MR) is 98.5 cm³/mol. The number of benzene rings is 1. The van der Waals surface area contributed by atoms with Gasteiger partial charge < -0.3 is 5.11 Å². The van der Waals surface area contributed by atoms with Gasteiger partial charge in [-0.05, 0) is 68.4 Å². The lowest BCUT2D eigenvalue weighted by atomic mass is 9.99. The summed E-state index contributed by atoms with van der Waals surface area (Å²) in [6.45, 7) is 8.12. The molecule has 0 amide bonds. The number of nitrogens with zero attached hydrogens (tertiary/aromatic N) is 3. The van der Waals surface area contributed by atoms with Gasteiger partial charge in [-0.3, -0.25) is 0 Å². The van der Waals surface area contributed by atoms with Crippen LogP contribution in [0.15, 0.2) is 18.2 Å². The summed E-state index contributed by atoms with van der Waals surface area (Å²) in [6.07, 6.45) is 6.82. The highest BCUT2D eigenvalue weighted by molar-refractivity contribution is 7.98. The van der Waals surface area contributed by atoms with Crippen molar-refractivity contribution in [2.45, 2.75) is 34.1 Å². The van der Waals surface area contributed by atoms with Crippen molar-refractivity contribution in [2.75, 3.05) is 12.0 Å². The molecular weight excluding hydrogens is 306 g/mol. The van der Waals surface area contributed by atoms with Crippen LogP contribution in [0, 0.1) is 19.8 Å². The van der Waals surface area contributed by atoms with Crippen molar-refractivity contribution in [3.05, 3.63) is 40.7 Å². The molecule has 0 aliphatic heterocycles. The van der Waals surface area contributed by atoms with E-state index in [0.29, 0.717) is 11.6 Å². The molecule has 1 atom stereocenters. The molecule has 2 rings (SSSR count). The van der Waals surface area contributed by atoms with E-state index < -0.39 is 0 Å². The first-order valence-corrected chi connectivity index (χ1v) is 9.24. The second-order valence-electron chi connectivity index (χ2n) is 6.02. The average molecular weight is 331 g/mol. The Kier molecular flexibility index (Phi) is 5.88. The molecule has 124 valence electrons. The summed E-state index contributed by atoms with van der Waals surface area (Å²) in [6, 6.07) is 3.98. The number of hydrogen-bond acceptors (Lipinski definition) is 4. The van der Waals surface area contributed by atoms with Crippen molar-refractivity contribution in [1.29, 1.82) is 0 Å². The first-order valence-electron chi connectivity index (χ1n) is 7.84. The minimum Gasteiger partial charge on any atom is -0.505 e. The molecule has 1 N–H and O–H groups in total. The molecule has 1 aromatic heterocycles. The fourth-order valence-corrected chi connectivity index (χ4v) is 3.36. The Labute approximate surface area is 142 Å².